The smallest absolute Gasteiger partial charge is 0.328 e. The van der Waals surface area contributed by atoms with Gasteiger partial charge in [0.25, 0.3) is 0 Å². The van der Waals surface area contributed by atoms with Crippen molar-refractivity contribution in [3.05, 3.63) is 28.5 Å². The Bertz CT molecular complexity index is 443. The third kappa shape index (κ3) is 4.64. The van der Waals surface area contributed by atoms with Gasteiger partial charge in [-0.15, -0.1) is 0 Å². The van der Waals surface area contributed by atoms with Gasteiger partial charge in [0.2, 0.25) is 0 Å². The van der Waals surface area contributed by atoms with Crippen LogP contribution in [0.3, 0.4) is 0 Å². The first-order valence-electron chi connectivity index (χ1n) is 5.63. The van der Waals surface area contributed by atoms with E-state index >= 15 is 0 Å². The molecule has 3 nitrogen and oxygen atoms in total. The van der Waals surface area contributed by atoms with Gasteiger partial charge >= 0.3 is 5.97 Å². The van der Waals surface area contributed by atoms with Crippen LogP contribution in [0, 0.1) is 5.82 Å². The summed E-state index contributed by atoms with van der Waals surface area (Å²) in [5, 5.41) is 2.96. The molecule has 0 aliphatic heterocycles. The number of carbonyl (C=O) groups is 1. The minimum atomic E-state index is -0.517. The largest absolute Gasteiger partial charge is 0.458 e. The molecular formula is C13H17BrFNO2. The molecule has 0 aliphatic rings. The molecule has 1 atom stereocenters. The third-order valence-corrected chi connectivity index (χ3v) is 2.67. The average molecular weight is 318 g/mol. The molecule has 0 fully saturated rings. The van der Waals surface area contributed by atoms with Gasteiger partial charge in [-0.3, -0.25) is 0 Å². The van der Waals surface area contributed by atoms with E-state index in [1.165, 1.54) is 6.07 Å². The summed E-state index contributed by atoms with van der Waals surface area (Å²) >= 11 is 3.09. The van der Waals surface area contributed by atoms with Gasteiger partial charge in [-0.2, -0.15) is 0 Å². The first-order valence-corrected chi connectivity index (χ1v) is 6.43. The number of rotatable bonds is 3. The summed E-state index contributed by atoms with van der Waals surface area (Å²) in [5.41, 5.74) is 0.137. The lowest BCUT2D eigenvalue weighted by Crippen LogP contribution is -2.34. The number of ether oxygens (including phenoxy) is 1. The number of esters is 1. The van der Waals surface area contributed by atoms with Crippen molar-refractivity contribution in [1.29, 1.82) is 0 Å². The second kappa shape index (κ2) is 5.69. The van der Waals surface area contributed by atoms with E-state index in [1.54, 1.807) is 19.1 Å². The summed E-state index contributed by atoms with van der Waals surface area (Å²) in [4.78, 5) is 11.7. The van der Waals surface area contributed by atoms with Crippen molar-refractivity contribution < 1.29 is 13.9 Å². The van der Waals surface area contributed by atoms with Crippen molar-refractivity contribution in [1.82, 2.24) is 0 Å². The Hall–Kier alpha value is -1.10. The van der Waals surface area contributed by atoms with Crippen LogP contribution in [0.1, 0.15) is 27.7 Å². The lowest BCUT2D eigenvalue weighted by Gasteiger charge is -2.23. The molecule has 100 valence electrons. The van der Waals surface area contributed by atoms with Gasteiger partial charge in [0, 0.05) is 5.69 Å². The maximum Gasteiger partial charge on any atom is 0.328 e. The maximum atomic E-state index is 13.1. The predicted octanol–water partition coefficient (Wildman–Crippen LogP) is 3.73. The summed E-state index contributed by atoms with van der Waals surface area (Å²) in [7, 11) is 0. The zero-order chi connectivity index (χ0) is 13.9. The minimum absolute atomic E-state index is 0.342. The normalized spacial score (nSPS) is 13.0. The molecule has 1 rings (SSSR count). The minimum Gasteiger partial charge on any atom is -0.458 e. The molecule has 5 heteroatoms. The van der Waals surface area contributed by atoms with Crippen molar-refractivity contribution in [3.8, 4) is 0 Å². The molecule has 1 aromatic carbocycles. The number of nitrogens with one attached hydrogen (secondary N) is 1. The highest BCUT2D eigenvalue weighted by atomic mass is 79.9. The fraction of sp³-hybridized carbons (Fsp3) is 0.462. The van der Waals surface area contributed by atoms with E-state index in [4.69, 9.17) is 4.74 Å². The van der Waals surface area contributed by atoms with E-state index in [0.717, 1.165) is 0 Å². The number of benzene rings is 1. The van der Waals surface area contributed by atoms with Crippen LogP contribution in [0.5, 0.6) is 0 Å². The van der Waals surface area contributed by atoms with Crippen LogP contribution in [-0.2, 0) is 9.53 Å². The Morgan fingerprint density at radius 1 is 1.44 bits per heavy atom. The van der Waals surface area contributed by atoms with E-state index in [1.807, 2.05) is 20.8 Å². The second-order valence-electron chi connectivity index (χ2n) is 5.03. The SMILES string of the molecule is CC(Nc1ccc(F)c(Br)c1)C(=O)OC(C)(C)C. The van der Waals surface area contributed by atoms with E-state index in [0.29, 0.717) is 10.2 Å². The Morgan fingerprint density at radius 3 is 2.56 bits per heavy atom. The monoisotopic (exact) mass is 317 g/mol. The number of hydrogen-bond donors (Lipinski definition) is 1. The van der Waals surface area contributed by atoms with E-state index in [9.17, 15) is 9.18 Å². The van der Waals surface area contributed by atoms with Crippen molar-refractivity contribution in [2.45, 2.75) is 39.3 Å². The molecular weight excluding hydrogens is 301 g/mol. The van der Waals surface area contributed by atoms with Gasteiger partial charge in [-0.05, 0) is 61.8 Å². The van der Waals surface area contributed by atoms with Crippen molar-refractivity contribution in [2.24, 2.45) is 0 Å². The molecule has 1 aromatic rings. The molecule has 18 heavy (non-hydrogen) atoms. The third-order valence-electron chi connectivity index (χ3n) is 2.06. The topological polar surface area (TPSA) is 38.3 Å². The van der Waals surface area contributed by atoms with Crippen LogP contribution in [-0.4, -0.2) is 17.6 Å². The lowest BCUT2D eigenvalue weighted by molar-refractivity contribution is -0.155. The van der Waals surface area contributed by atoms with Crippen molar-refractivity contribution >= 4 is 27.6 Å². The predicted molar refractivity (Wildman–Crippen MR) is 73.0 cm³/mol. The average Bonchev–Trinajstić information content (AvgIpc) is 2.21. The molecule has 1 unspecified atom stereocenters. The molecule has 0 saturated heterocycles. The van der Waals surface area contributed by atoms with Crippen molar-refractivity contribution in [2.75, 3.05) is 5.32 Å². The molecule has 0 aromatic heterocycles. The fourth-order valence-corrected chi connectivity index (χ4v) is 1.66. The second-order valence-corrected chi connectivity index (χ2v) is 5.88. The van der Waals surface area contributed by atoms with Crippen LogP contribution >= 0.6 is 15.9 Å². The van der Waals surface area contributed by atoms with E-state index < -0.39 is 11.6 Å². The number of hydrogen-bond acceptors (Lipinski definition) is 3. The van der Waals surface area contributed by atoms with Crippen LogP contribution in [0.2, 0.25) is 0 Å². The molecule has 0 heterocycles. The quantitative estimate of drug-likeness (QED) is 0.863. The summed E-state index contributed by atoms with van der Waals surface area (Å²) in [5.74, 6) is -0.687. The highest BCUT2D eigenvalue weighted by molar-refractivity contribution is 9.10. The first-order chi connectivity index (χ1) is 8.19. The van der Waals surface area contributed by atoms with Gasteiger partial charge in [-0.1, -0.05) is 0 Å². The molecule has 0 radical (unpaired) electrons. The van der Waals surface area contributed by atoms with Crippen LogP contribution in [0.4, 0.5) is 10.1 Å². The van der Waals surface area contributed by atoms with E-state index in [2.05, 4.69) is 21.2 Å². The zero-order valence-corrected chi connectivity index (χ0v) is 12.5. The van der Waals surface area contributed by atoms with Crippen LogP contribution in [0.15, 0.2) is 22.7 Å². The molecule has 0 aliphatic carbocycles. The van der Waals surface area contributed by atoms with Crippen LogP contribution < -0.4 is 5.32 Å². The highest BCUT2D eigenvalue weighted by Crippen LogP contribution is 2.21. The van der Waals surface area contributed by atoms with Gasteiger partial charge in [-0.25, -0.2) is 9.18 Å². The Balaban J connectivity index is 2.66. The van der Waals surface area contributed by atoms with Gasteiger partial charge in [0.1, 0.15) is 17.5 Å². The number of halogens is 2. The molecule has 0 spiro atoms. The summed E-state index contributed by atoms with van der Waals surface area (Å²) < 4.78 is 18.6. The standard InChI is InChI=1S/C13H17BrFNO2/c1-8(12(17)18-13(2,3)4)16-9-5-6-11(15)10(14)7-9/h5-8,16H,1-4H3. The fourth-order valence-electron chi connectivity index (χ4n) is 1.29. The molecule has 0 bridgehead atoms. The molecule has 0 amide bonds. The molecule has 0 saturated carbocycles. The summed E-state index contributed by atoms with van der Waals surface area (Å²) in [6.07, 6.45) is 0. The Labute approximate surface area is 115 Å². The van der Waals surface area contributed by atoms with Gasteiger partial charge in [0.15, 0.2) is 0 Å². The number of anilines is 1. The Kier molecular flexibility index (Phi) is 4.73. The van der Waals surface area contributed by atoms with Gasteiger partial charge < -0.3 is 10.1 Å². The lowest BCUT2D eigenvalue weighted by atomic mass is 10.2. The van der Waals surface area contributed by atoms with Crippen LogP contribution in [0.25, 0.3) is 0 Å². The van der Waals surface area contributed by atoms with Gasteiger partial charge in [0.05, 0.1) is 4.47 Å². The molecule has 1 N–H and O–H groups in total. The number of carbonyl (C=O) groups excluding carboxylic acids is 1. The van der Waals surface area contributed by atoms with Crippen molar-refractivity contribution in [3.63, 3.8) is 0 Å². The first kappa shape index (κ1) is 15.0. The highest BCUT2D eigenvalue weighted by Gasteiger charge is 2.21. The zero-order valence-electron chi connectivity index (χ0n) is 10.9. The Morgan fingerprint density at radius 2 is 2.06 bits per heavy atom. The maximum absolute atomic E-state index is 13.1. The summed E-state index contributed by atoms with van der Waals surface area (Å²) in [6.45, 7) is 7.13. The van der Waals surface area contributed by atoms with E-state index in [-0.39, 0.29) is 11.8 Å². The summed E-state index contributed by atoms with van der Waals surface area (Å²) in [6, 6.07) is 3.98.